The smallest absolute Gasteiger partial charge is 0.166 e. The van der Waals surface area contributed by atoms with Gasteiger partial charge in [0.1, 0.15) is 5.75 Å². The van der Waals surface area contributed by atoms with Crippen molar-refractivity contribution < 1.29 is 13.2 Å². The topological polar surface area (TPSA) is 70.7 Å². The number of sulfone groups is 1. The number of hydrogen-bond acceptors (Lipinski definition) is 5. The van der Waals surface area contributed by atoms with E-state index in [-0.39, 0.29) is 23.6 Å². The first-order valence-electron chi connectivity index (χ1n) is 9.15. The van der Waals surface area contributed by atoms with Crippen molar-refractivity contribution >= 4 is 38.8 Å². The Morgan fingerprint density at radius 1 is 1.30 bits per heavy atom. The second kappa shape index (κ2) is 8.94. The van der Waals surface area contributed by atoms with Crippen LogP contribution in [0.4, 0.5) is 0 Å². The van der Waals surface area contributed by atoms with Crippen LogP contribution in [0, 0.1) is 0 Å². The fraction of sp³-hybridized carbons (Fsp3) is 0.611. The molecule has 2 aliphatic rings. The van der Waals surface area contributed by atoms with Gasteiger partial charge in [0.05, 0.1) is 36.1 Å². The second-order valence-electron chi connectivity index (χ2n) is 7.09. The maximum atomic E-state index is 11.7. The summed E-state index contributed by atoms with van der Waals surface area (Å²) in [6.45, 7) is 2.76. The Kier molecular flexibility index (Phi) is 6.83. The van der Waals surface area contributed by atoms with E-state index in [4.69, 9.17) is 28.6 Å². The van der Waals surface area contributed by atoms with Gasteiger partial charge in [-0.2, -0.15) is 0 Å². The lowest BCUT2D eigenvalue weighted by atomic mass is 10.1. The maximum absolute atomic E-state index is 11.7. The number of halogens is 1. The molecule has 2 saturated heterocycles. The van der Waals surface area contributed by atoms with Gasteiger partial charge in [0.15, 0.2) is 14.9 Å². The molecule has 0 radical (unpaired) electrons. The van der Waals surface area contributed by atoms with Crippen molar-refractivity contribution in [2.75, 3.05) is 38.2 Å². The van der Waals surface area contributed by atoms with E-state index < -0.39 is 15.2 Å². The van der Waals surface area contributed by atoms with Gasteiger partial charge in [-0.3, -0.25) is 4.90 Å². The standard InChI is InChI=1S/C18H26ClN3O3S2/c1-25-14-6-4-13(5-7-14)17(22-8-2-3-9-22)10-20-18(26)21-16-12-27(23,24)11-15(16)19/h4-7,15-17H,2-3,8-12H2,1H3,(H2,20,21,26)/t15-,16+,17-/m0/s1. The number of thiocarbonyl (C=S) groups is 1. The first-order chi connectivity index (χ1) is 12.9. The molecule has 1 aromatic rings. The van der Waals surface area contributed by atoms with Crippen LogP contribution < -0.4 is 15.4 Å². The lowest BCUT2D eigenvalue weighted by molar-refractivity contribution is 0.245. The lowest BCUT2D eigenvalue weighted by Gasteiger charge is -2.29. The molecule has 2 fully saturated rings. The van der Waals surface area contributed by atoms with Gasteiger partial charge in [0.25, 0.3) is 0 Å². The molecule has 0 aliphatic carbocycles. The average Bonchev–Trinajstić information content (AvgIpc) is 3.23. The van der Waals surface area contributed by atoms with Gasteiger partial charge in [-0.25, -0.2) is 8.42 Å². The lowest BCUT2D eigenvalue weighted by Crippen LogP contribution is -2.48. The van der Waals surface area contributed by atoms with Gasteiger partial charge in [-0.15, -0.1) is 11.6 Å². The van der Waals surface area contributed by atoms with Crippen molar-refractivity contribution in [2.45, 2.75) is 30.3 Å². The highest BCUT2D eigenvalue weighted by Crippen LogP contribution is 2.26. The van der Waals surface area contributed by atoms with Crippen LogP contribution in [0.5, 0.6) is 5.75 Å². The normalized spacial score (nSPS) is 25.9. The van der Waals surface area contributed by atoms with E-state index in [1.54, 1.807) is 7.11 Å². The number of nitrogens with zero attached hydrogens (tertiary/aromatic N) is 1. The third kappa shape index (κ3) is 5.47. The summed E-state index contributed by atoms with van der Waals surface area (Å²) in [5.74, 6) is 0.855. The quantitative estimate of drug-likeness (QED) is 0.524. The van der Waals surface area contributed by atoms with E-state index in [2.05, 4.69) is 27.7 Å². The molecule has 6 nitrogen and oxygen atoms in total. The van der Waals surface area contributed by atoms with Gasteiger partial charge in [0.2, 0.25) is 0 Å². The molecule has 0 bridgehead atoms. The minimum absolute atomic E-state index is 0.00289. The number of methoxy groups -OCH3 is 1. The highest BCUT2D eigenvalue weighted by atomic mass is 35.5. The zero-order valence-corrected chi connectivity index (χ0v) is 17.7. The third-order valence-corrected chi connectivity index (χ3v) is 7.78. The average molecular weight is 432 g/mol. The van der Waals surface area contributed by atoms with Gasteiger partial charge >= 0.3 is 0 Å². The highest BCUT2D eigenvalue weighted by molar-refractivity contribution is 7.91. The Bertz CT molecular complexity index is 752. The number of nitrogens with one attached hydrogen (secondary N) is 2. The second-order valence-corrected chi connectivity index (χ2v) is 10.2. The largest absolute Gasteiger partial charge is 0.497 e. The summed E-state index contributed by atoms with van der Waals surface area (Å²) >= 11 is 11.5. The van der Waals surface area contributed by atoms with Crippen molar-refractivity contribution in [3.05, 3.63) is 29.8 Å². The number of benzene rings is 1. The van der Waals surface area contributed by atoms with Gasteiger partial charge in [0, 0.05) is 6.54 Å². The molecular formula is C18H26ClN3O3S2. The van der Waals surface area contributed by atoms with Gasteiger partial charge in [-0.05, 0) is 55.8 Å². The van der Waals surface area contributed by atoms with E-state index in [0.29, 0.717) is 11.7 Å². The molecule has 0 amide bonds. The SMILES string of the molecule is COc1ccc([C@H](CNC(=S)N[C@@H]2CS(=O)(=O)C[C@@H]2Cl)N2CCCC2)cc1. The van der Waals surface area contributed by atoms with E-state index in [1.807, 2.05) is 12.1 Å². The van der Waals surface area contributed by atoms with Crippen LogP contribution in [-0.4, -0.2) is 68.1 Å². The monoisotopic (exact) mass is 431 g/mol. The molecular weight excluding hydrogens is 406 g/mol. The molecule has 2 heterocycles. The van der Waals surface area contributed by atoms with Crippen molar-refractivity contribution in [2.24, 2.45) is 0 Å². The highest BCUT2D eigenvalue weighted by Gasteiger charge is 2.36. The van der Waals surface area contributed by atoms with Crippen LogP contribution in [-0.2, 0) is 9.84 Å². The van der Waals surface area contributed by atoms with Crippen LogP contribution in [0.25, 0.3) is 0 Å². The third-order valence-electron chi connectivity index (χ3n) is 5.14. The summed E-state index contributed by atoms with van der Waals surface area (Å²) in [7, 11) is -1.43. The van der Waals surface area contributed by atoms with E-state index in [0.717, 1.165) is 18.8 Å². The van der Waals surface area contributed by atoms with Crippen LogP contribution in [0.15, 0.2) is 24.3 Å². The van der Waals surface area contributed by atoms with Crippen LogP contribution in [0.1, 0.15) is 24.4 Å². The van der Waals surface area contributed by atoms with Gasteiger partial charge in [-0.1, -0.05) is 12.1 Å². The summed E-state index contributed by atoms with van der Waals surface area (Å²) in [6.07, 6.45) is 2.40. The first-order valence-corrected chi connectivity index (χ1v) is 11.8. The Morgan fingerprint density at radius 2 is 1.96 bits per heavy atom. The predicted octanol–water partition coefficient (Wildman–Crippen LogP) is 1.70. The summed E-state index contributed by atoms with van der Waals surface area (Å²) < 4.78 is 28.7. The summed E-state index contributed by atoms with van der Waals surface area (Å²) in [5.41, 5.74) is 1.20. The molecule has 9 heteroatoms. The molecule has 0 saturated carbocycles. The minimum Gasteiger partial charge on any atom is -0.497 e. The fourth-order valence-corrected chi connectivity index (χ4v) is 6.47. The van der Waals surface area contributed by atoms with Crippen LogP contribution in [0.3, 0.4) is 0 Å². The Labute approximate surface area is 171 Å². The molecule has 150 valence electrons. The molecule has 2 N–H and O–H groups in total. The van der Waals surface area contributed by atoms with Crippen LogP contribution >= 0.6 is 23.8 Å². The van der Waals surface area contributed by atoms with Crippen LogP contribution in [0.2, 0.25) is 0 Å². The van der Waals surface area contributed by atoms with Crippen molar-refractivity contribution in [1.82, 2.24) is 15.5 Å². The number of rotatable bonds is 6. The molecule has 3 atom stereocenters. The summed E-state index contributed by atoms with van der Waals surface area (Å²) in [4.78, 5) is 2.45. The summed E-state index contributed by atoms with van der Waals surface area (Å²) in [6, 6.07) is 7.95. The Morgan fingerprint density at radius 3 is 2.52 bits per heavy atom. The summed E-state index contributed by atoms with van der Waals surface area (Å²) in [5, 5.41) is 6.32. The molecule has 0 spiro atoms. The fourth-order valence-electron chi connectivity index (χ4n) is 3.68. The van der Waals surface area contributed by atoms with E-state index >= 15 is 0 Å². The Balaban J connectivity index is 1.61. The molecule has 27 heavy (non-hydrogen) atoms. The van der Waals surface area contributed by atoms with E-state index in [9.17, 15) is 8.42 Å². The zero-order valence-electron chi connectivity index (χ0n) is 15.4. The number of alkyl halides is 1. The molecule has 2 aliphatic heterocycles. The molecule has 3 rings (SSSR count). The van der Waals surface area contributed by atoms with Crippen molar-refractivity contribution in [3.8, 4) is 5.75 Å². The van der Waals surface area contributed by atoms with Crippen molar-refractivity contribution in [1.29, 1.82) is 0 Å². The van der Waals surface area contributed by atoms with Crippen molar-refractivity contribution in [3.63, 3.8) is 0 Å². The number of likely N-dealkylation sites (tertiary alicyclic amines) is 1. The minimum atomic E-state index is -3.09. The zero-order chi connectivity index (χ0) is 19.4. The Hall–Kier alpha value is -1.09. The molecule has 0 aromatic heterocycles. The van der Waals surface area contributed by atoms with Gasteiger partial charge < -0.3 is 15.4 Å². The first kappa shape index (κ1) is 20.6. The maximum Gasteiger partial charge on any atom is 0.166 e. The number of hydrogen-bond donors (Lipinski definition) is 2. The van der Waals surface area contributed by atoms with E-state index in [1.165, 1.54) is 18.4 Å². The molecule has 0 unspecified atom stereocenters. The predicted molar refractivity (Wildman–Crippen MR) is 112 cm³/mol. The molecule has 1 aromatic carbocycles. The number of ether oxygens (including phenoxy) is 1.